The van der Waals surface area contributed by atoms with Gasteiger partial charge in [0.15, 0.2) is 6.19 Å². The molecule has 3 heterocycles. The first-order valence-corrected chi connectivity index (χ1v) is 8.16. The molecule has 2 atom stereocenters. The SMILES string of the molecule is CC(CN1CCN2CCN(C#N)C[C@@H]2C1=O)c1ccc(C#N)cn1. The molecule has 0 saturated carbocycles. The summed E-state index contributed by atoms with van der Waals surface area (Å²) in [6, 6.07) is 5.45. The average Bonchev–Trinajstić information content (AvgIpc) is 2.63. The van der Waals surface area contributed by atoms with Gasteiger partial charge >= 0.3 is 0 Å². The molecule has 124 valence electrons. The zero-order valence-corrected chi connectivity index (χ0v) is 13.7. The molecule has 2 aliphatic rings. The van der Waals surface area contributed by atoms with Crippen molar-refractivity contribution >= 4 is 5.91 Å². The van der Waals surface area contributed by atoms with E-state index in [0.717, 1.165) is 18.8 Å². The van der Waals surface area contributed by atoms with Crippen LogP contribution in [0.25, 0.3) is 0 Å². The highest BCUT2D eigenvalue weighted by atomic mass is 16.2. The third kappa shape index (κ3) is 3.17. The van der Waals surface area contributed by atoms with Gasteiger partial charge in [0, 0.05) is 50.5 Å². The fourth-order valence-electron chi connectivity index (χ4n) is 3.35. The van der Waals surface area contributed by atoms with Crippen molar-refractivity contribution in [3.63, 3.8) is 0 Å². The van der Waals surface area contributed by atoms with E-state index >= 15 is 0 Å². The van der Waals surface area contributed by atoms with Gasteiger partial charge in [0.05, 0.1) is 12.1 Å². The van der Waals surface area contributed by atoms with Crippen LogP contribution >= 0.6 is 0 Å². The number of aromatic nitrogens is 1. The summed E-state index contributed by atoms with van der Waals surface area (Å²) in [6.07, 6.45) is 3.72. The van der Waals surface area contributed by atoms with E-state index in [1.807, 2.05) is 17.9 Å². The number of pyridine rings is 1. The number of hydrogen-bond acceptors (Lipinski definition) is 6. The van der Waals surface area contributed by atoms with Crippen molar-refractivity contribution < 1.29 is 4.79 Å². The first-order chi connectivity index (χ1) is 11.6. The first kappa shape index (κ1) is 16.2. The van der Waals surface area contributed by atoms with Crippen LogP contribution in [0.3, 0.4) is 0 Å². The number of carbonyl (C=O) groups excluding carboxylic acids is 1. The maximum atomic E-state index is 12.8. The largest absolute Gasteiger partial charge is 0.339 e. The molecule has 2 fully saturated rings. The van der Waals surface area contributed by atoms with Crippen LogP contribution in [-0.4, -0.2) is 70.9 Å². The third-order valence-corrected chi connectivity index (χ3v) is 4.80. The van der Waals surface area contributed by atoms with Gasteiger partial charge in [-0.2, -0.15) is 10.5 Å². The number of rotatable bonds is 3. The molecule has 1 unspecified atom stereocenters. The van der Waals surface area contributed by atoms with Crippen LogP contribution in [0.15, 0.2) is 18.3 Å². The minimum atomic E-state index is -0.215. The lowest BCUT2D eigenvalue weighted by molar-refractivity contribution is -0.144. The fraction of sp³-hybridized carbons (Fsp3) is 0.529. The molecule has 1 aromatic heterocycles. The predicted molar refractivity (Wildman–Crippen MR) is 86.5 cm³/mol. The van der Waals surface area contributed by atoms with E-state index in [9.17, 15) is 4.79 Å². The molecule has 2 aliphatic heterocycles. The van der Waals surface area contributed by atoms with Gasteiger partial charge in [-0.05, 0) is 12.1 Å². The Bertz CT molecular complexity index is 689. The summed E-state index contributed by atoms with van der Waals surface area (Å²) in [4.78, 5) is 22.8. The van der Waals surface area contributed by atoms with Gasteiger partial charge in [-0.15, -0.1) is 0 Å². The van der Waals surface area contributed by atoms with Crippen molar-refractivity contribution in [2.75, 3.05) is 39.3 Å². The van der Waals surface area contributed by atoms with Gasteiger partial charge in [-0.3, -0.25) is 14.7 Å². The average molecular weight is 324 g/mol. The minimum absolute atomic E-state index is 0.0988. The van der Waals surface area contributed by atoms with Crippen molar-refractivity contribution in [2.45, 2.75) is 18.9 Å². The highest BCUT2D eigenvalue weighted by Gasteiger charge is 2.38. The minimum Gasteiger partial charge on any atom is -0.339 e. The van der Waals surface area contributed by atoms with E-state index in [0.29, 0.717) is 31.7 Å². The van der Waals surface area contributed by atoms with E-state index in [4.69, 9.17) is 10.5 Å². The lowest BCUT2D eigenvalue weighted by Crippen LogP contribution is -2.64. The van der Waals surface area contributed by atoms with Crippen LogP contribution in [0.4, 0.5) is 0 Å². The van der Waals surface area contributed by atoms with Gasteiger partial charge in [-0.25, -0.2) is 0 Å². The Balaban J connectivity index is 1.65. The van der Waals surface area contributed by atoms with Crippen LogP contribution in [0.1, 0.15) is 24.1 Å². The van der Waals surface area contributed by atoms with Crippen LogP contribution in [0.2, 0.25) is 0 Å². The summed E-state index contributed by atoms with van der Waals surface area (Å²) in [6.45, 7) is 6.16. The molecule has 1 amide bonds. The molecule has 24 heavy (non-hydrogen) atoms. The molecule has 0 N–H and O–H groups in total. The molecule has 2 saturated heterocycles. The summed E-state index contributed by atoms with van der Waals surface area (Å²) in [7, 11) is 0. The van der Waals surface area contributed by atoms with Crippen molar-refractivity contribution in [3.8, 4) is 12.3 Å². The molecule has 0 spiro atoms. The van der Waals surface area contributed by atoms with Gasteiger partial charge in [-0.1, -0.05) is 6.92 Å². The van der Waals surface area contributed by atoms with Gasteiger partial charge in [0.2, 0.25) is 5.91 Å². The molecule has 0 bridgehead atoms. The highest BCUT2D eigenvalue weighted by molar-refractivity contribution is 5.83. The van der Waals surface area contributed by atoms with Crippen molar-refractivity contribution in [1.29, 1.82) is 10.5 Å². The zero-order chi connectivity index (χ0) is 17.1. The summed E-state index contributed by atoms with van der Waals surface area (Å²) in [5, 5.41) is 17.9. The second-order valence-corrected chi connectivity index (χ2v) is 6.37. The summed E-state index contributed by atoms with van der Waals surface area (Å²) in [5.41, 5.74) is 1.42. The quantitative estimate of drug-likeness (QED) is 0.746. The zero-order valence-electron chi connectivity index (χ0n) is 13.7. The summed E-state index contributed by atoms with van der Waals surface area (Å²) >= 11 is 0. The normalized spacial score (nSPS) is 22.5. The van der Waals surface area contributed by atoms with Crippen molar-refractivity contribution in [2.24, 2.45) is 0 Å². The Kier molecular flexibility index (Phi) is 4.64. The lowest BCUT2D eigenvalue weighted by atomic mass is 10.0. The standard InChI is InChI=1S/C17H20N6O/c1-13(15-3-2-14(8-18)9-20-15)10-23-7-6-22-5-4-21(12-19)11-16(22)17(23)24/h2-3,9,13,16H,4-7,10-11H2,1H3/t13?,16-/m1/s1. The number of carbonyl (C=O) groups is 1. The summed E-state index contributed by atoms with van der Waals surface area (Å²) < 4.78 is 0. The monoisotopic (exact) mass is 324 g/mol. The van der Waals surface area contributed by atoms with Crippen LogP contribution < -0.4 is 0 Å². The second-order valence-electron chi connectivity index (χ2n) is 6.37. The Morgan fingerprint density at radius 3 is 2.75 bits per heavy atom. The number of nitriles is 2. The maximum Gasteiger partial charge on any atom is 0.241 e. The Labute approximate surface area is 141 Å². The number of amides is 1. The summed E-state index contributed by atoms with van der Waals surface area (Å²) in [5.74, 6) is 0.200. The molecule has 3 rings (SSSR count). The topological polar surface area (TPSA) is 87.3 Å². The van der Waals surface area contributed by atoms with E-state index in [-0.39, 0.29) is 17.9 Å². The molecule has 1 aromatic rings. The van der Waals surface area contributed by atoms with Crippen molar-refractivity contribution in [1.82, 2.24) is 19.7 Å². The van der Waals surface area contributed by atoms with Crippen LogP contribution in [-0.2, 0) is 4.79 Å². The lowest BCUT2D eigenvalue weighted by Gasteiger charge is -2.45. The number of hydrogen-bond donors (Lipinski definition) is 0. The van der Waals surface area contributed by atoms with E-state index < -0.39 is 0 Å². The molecule has 0 radical (unpaired) electrons. The van der Waals surface area contributed by atoms with E-state index in [1.165, 1.54) is 0 Å². The predicted octanol–water partition coefficient (Wildman–Crippen LogP) is 0.366. The first-order valence-electron chi connectivity index (χ1n) is 8.16. The van der Waals surface area contributed by atoms with Crippen LogP contribution in [0, 0.1) is 22.8 Å². The van der Waals surface area contributed by atoms with E-state index in [2.05, 4.69) is 22.1 Å². The van der Waals surface area contributed by atoms with Gasteiger partial charge in [0.1, 0.15) is 12.1 Å². The molecular weight excluding hydrogens is 304 g/mol. The number of fused-ring (bicyclic) bond motifs is 1. The van der Waals surface area contributed by atoms with Gasteiger partial charge in [0.25, 0.3) is 0 Å². The highest BCUT2D eigenvalue weighted by Crippen LogP contribution is 2.20. The molecular formula is C17H20N6O. The van der Waals surface area contributed by atoms with E-state index in [1.54, 1.807) is 17.2 Å². The Morgan fingerprint density at radius 2 is 2.08 bits per heavy atom. The third-order valence-electron chi connectivity index (χ3n) is 4.80. The van der Waals surface area contributed by atoms with Crippen LogP contribution in [0.5, 0.6) is 0 Å². The number of piperazine rings is 2. The maximum absolute atomic E-state index is 12.8. The fourth-order valence-corrected chi connectivity index (χ4v) is 3.35. The smallest absolute Gasteiger partial charge is 0.241 e. The molecule has 0 aromatic carbocycles. The molecule has 0 aliphatic carbocycles. The van der Waals surface area contributed by atoms with Crippen molar-refractivity contribution in [3.05, 3.63) is 29.6 Å². The molecule has 7 heteroatoms. The Morgan fingerprint density at radius 1 is 1.29 bits per heavy atom. The number of nitrogens with zero attached hydrogens (tertiary/aromatic N) is 6. The van der Waals surface area contributed by atoms with Gasteiger partial charge < -0.3 is 9.80 Å². The Hall–Kier alpha value is -2.64. The second kappa shape index (κ2) is 6.86. The molecule has 7 nitrogen and oxygen atoms in total.